The van der Waals surface area contributed by atoms with Crippen LogP contribution in [0.2, 0.25) is 0 Å². The van der Waals surface area contributed by atoms with Crippen LogP contribution in [0.15, 0.2) is 67.0 Å². The van der Waals surface area contributed by atoms with E-state index in [0.29, 0.717) is 37.8 Å². The maximum Gasteiger partial charge on any atom is 0.326 e. The molecule has 2 amide bonds. The number of carbonyl (C=O) groups is 3. The number of pyridine rings is 1. The van der Waals surface area contributed by atoms with E-state index in [0.717, 1.165) is 16.3 Å². The number of fused-ring (bicyclic) bond motifs is 1. The van der Waals surface area contributed by atoms with E-state index in [-0.39, 0.29) is 0 Å². The zero-order valence-electron chi connectivity index (χ0n) is 18.9. The second kappa shape index (κ2) is 13.7. The van der Waals surface area contributed by atoms with Crippen LogP contribution in [-0.2, 0) is 16.0 Å². The Hall–Kier alpha value is -3.82. The van der Waals surface area contributed by atoms with Crippen molar-refractivity contribution in [3.8, 4) is 0 Å². The quantitative estimate of drug-likeness (QED) is 0.302. The number of nitrogens with two attached hydrogens (primary N) is 3. The van der Waals surface area contributed by atoms with Crippen molar-refractivity contribution in [1.29, 1.82) is 0 Å². The molecule has 0 saturated heterocycles. The number of rotatable bonds is 10. The maximum atomic E-state index is 11.9. The lowest BCUT2D eigenvalue weighted by atomic mass is 10.0. The van der Waals surface area contributed by atoms with Gasteiger partial charge in [-0.3, -0.25) is 14.6 Å². The monoisotopic (exact) mass is 465 g/mol. The number of carbonyl (C=O) groups excluding carboxylic acids is 2. The number of aromatic nitrogens is 1. The molecule has 3 rings (SSSR count). The molecule has 34 heavy (non-hydrogen) atoms. The molecule has 0 fully saturated rings. The summed E-state index contributed by atoms with van der Waals surface area (Å²) in [7, 11) is 0. The first-order valence-corrected chi connectivity index (χ1v) is 11.0. The summed E-state index contributed by atoms with van der Waals surface area (Å²) in [5.74, 6) is -1.90. The molecule has 0 radical (unpaired) electrons. The summed E-state index contributed by atoms with van der Waals surface area (Å²) in [6.07, 6.45) is 5.35. The van der Waals surface area contributed by atoms with Crippen LogP contribution in [-0.4, -0.2) is 46.5 Å². The molecule has 9 nitrogen and oxygen atoms in total. The number of carboxylic acids is 1. The smallest absolute Gasteiger partial charge is 0.326 e. The number of primary amides is 1. The zero-order chi connectivity index (χ0) is 24.9. The van der Waals surface area contributed by atoms with Crippen LogP contribution in [0.5, 0.6) is 0 Å². The van der Waals surface area contributed by atoms with Crippen LogP contribution in [0.3, 0.4) is 0 Å². The summed E-state index contributed by atoms with van der Waals surface area (Å²) in [6, 6.07) is 15.2. The molecule has 1 aromatic heterocycles. The van der Waals surface area contributed by atoms with Crippen LogP contribution < -0.4 is 22.5 Å². The third-order valence-electron chi connectivity index (χ3n) is 5.18. The Balaban J connectivity index is 0.000000266. The van der Waals surface area contributed by atoms with E-state index in [1.165, 1.54) is 0 Å². The van der Waals surface area contributed by atoms with Gasteiger partial charge in [0.25, 0.3) is 0 Å². The van der Waals surface area contributed by atoms with Crippen molar-refractivity contribution in [1.82, 2.24) is 10.3 Å². The van der Waals surface area contributed by atoms with Gasteiger partial charge in [-0.05, 0) is 55.3 Å². The lowest BCUT2D eigenvalue weighted by Crippen LogP contribution is -2.48. The van der Waals surface area contributed by atoms with Gasteiger partial charge >= 0.3 is 5.97 Å². The average Bonchev–Trinajstić information content (AvgIpc) is 2.85. The Morgan fingerprint density at radius 3 is 2.38 bits per heavy atom. The second-order valence-corrected chi connectivity index (χ2v) is 7.73. The molecule has 2 aromatic carbocycles. The van der Waals surface area contributed by atoms with Crippen molar-refractivity contribution in [2.24, 2.45) is 17.2 Å². The summed E-state index contributed by atoms with van der Waals surface area (Å²) in [4.78, 5) is 37.9. The summed E-state index contributed by atoms with van der Waals surface area (Å²) in [5.41, 5.74) is 18.0. The van der Waals surface area contributed by atoms with Gasteiger partial charge in [0.15, 0.2) is 0 Å². The van der Waals surface area contributed by atoms with Crippen LogP contribution in [0.1, 0.15) is 35.2 Å². The zero-order valence-corrected chi connectivity index (χ0v) is 18.9. The fourth-order valence-corrected chi connectivity index (χ4v) is 3.29. The minimum atomic E-state index is -1.06. The minimum absolute atomic E-state index is 0.309. The predicted molar refractivity (Wildman–Crippen MR) is 131 cm³/mol. The standard InChI is InChI=1S/C15H23N3O3.C10H8N2O/c16-10-4-7-13(15(20)21)18-14(19)12(17)9-8-11-5-2-1-3-6-11;11-10(13)9-3-1-2-7-6-12-5-4-8(7)9/h1-3,5-6,12-13H,4,7-10,16-17H2,(H,18,19)(H,20,21);1-6H,(H2,11,13)/t12-,13-;/m0./s1. The molecular formula is C25H31N5O4. The molecule has 3 aromatic rings. The number of hydrogen-bond donors (Lipinski definition) is 5. The highest BCUT2D eigenvalue weighted by molar-refractivity contribution is 6.06. The largest absolute Gasteiger partial charge is 0.480 e. The Morgan fingerprint density at radius 1 is 1.00 bits per heavy atom. The Morgan fingerprint density at radius 2 is 1.74 bits per heavy atom. The van der Waals surface area contributed by atoms with Gasteiger partial charge < -0.3 is 27.6 Å². The van der Waals surface area contributed by atoms with Crippen molar-refractivity contribution in [2.45, 2.75) is 37.8 Å². The molecule has 1 heterocycles. The number of nitrogens with one attached hydrogen (secondary N) is 1. The molecule has 0 spiro atoms. The molecule has 0 aliphatic heterocycles. The number of aliphatic carboxylic acids is 1. The first kappa shape index (κ1) is 26.4. The highest BCUT2D eigenvalue weighted by atomic mass is 16.4. The molecule has 0 saturated carbocycles. The van der Waals surface area contributed by atoms with Gasteiger partial charge in [-0.1, -0.05) is 42.5 Å². The van der Waals surface area contributed by atoms with E-state index in [4.69, 9.17) is 22.3 Å². The number of aryl methyl sites for hydroxylation is 1. The van der Waals surface area contributed by atoms with Crippen molar-refractivity contribution in [3.05, 3.63) is 78.1 Å². The molecule has 0 bridgehead atoms. The summed E-state index contributed by atoms with van der Waals surface area (Å²) < 4.78 is 0. The lowest BCUT2D eigenvalue weighted by molar-refractivity contribution is -0.142. The van der Waals surface area contributed by atoms with E-state index in [9.17, 15) is 14.4 Å². The first-order chi connectivity index (χ1) is 16.3. The van der Waals surface area contributed by atoms with Crippen LogP contribution in [0, 0.1) is 0 Å². The Bertz CT molecular complexity index is 1090. The average molecular weight is 466 g/mol. The van der Waals surface area contributed by atoms with Gasteiger partial charge in [-0.2, -0.15) is 0 Å². The van der Waals surface area contributed by atoms with E-state index in [2.05, 4.69) is 10.3 Å². The van der Waals surface area contributed by atoms with Crippen LogP contribution in [0.4, 0.5) is 0 Å². The van der Waals surface area contributed by atoms with Gasteiger partial charge in [-0.15, -0.1) is 0 Å². The molecule has 0 unspecified atom stereocenters. The van der Waals surface area contributed by atoms with Crippen molar-refractivity contribution >= 4 is 28.6 Å². The number of amides is 2. The minimum Gasteiger partial charge on any atom is -0.480 e. The SMILES string of the molecule is NC(=O)c1cccc2cnccc12.NCCC[C@H](NC(=O)[C@@H](N)CCc1ccccc1)C(=O)O. The van der Waals surface area contributed by atoms with Gasteiger partial charge in [0.1, 0.15) is 6.04 Å². The Kier molecular flexibility index (Phi) is 10.6. The van der Waals surface area contributed by atoms with Gasteiger partial charge in [0, 0.05) is 23.3 Å². The second-order valence-electron chi connectivity index (χ2n) is 7.73. The molecule has 180 valence electrons. The van der Waals surface area contributed by atoms with E-state index >= 15 is 0 Å². The molecule has 8 N–H and O–H groups in total. The van der Waals surface area contributed by atoms with Gasteiger partial charge in [-0.25, -0.2) is 4.79 Å². The van der Waals surface area contributed by atoms with E-state index in [1.807, 2.05) is 36.4 Å². The highest BCUT2D eigenvalue weighted by Crippen LogP contribution is 2.16. The third kappa shape index (κ3) is 8.27. The number of carboxylic acid groups (broad SMARTS) is 1. The Labute approximate surface area is 198 Å². The van der Waals surface area contributed by atoms with Crippen molar-refractivity contribution in [2.75, 3.05) is 6.54 Å². The molecule has 0 aliphatic rings. The summed E-state index contributed by atoms with van der Waals surface area (Å²) in [6.45, 7) is 0.389. The summed E-state index contributed by atoms with van der Waals surface area (Å²) in [5, 5.41) is 13.3. The fourth-order valence-electron chi connectivity index (χ4n) is 3.29. The molecule has 9 heteroatoms. The highest BCUT2D eigenvalue weighted by Gasteiger charge is 2.22. The first-order valence-electron chi connectivity index (χ1n) is 11.0. The third-order valence-corrected chi connectivity index (χ3v) is 5.18. The summed E-state index contributed by atoms with van der Waals surface area (Å²) >= 11 is 0. The fraction of sp³-hybridized carbons (Fsp3) is 0.280. The number of hydrogen-bond acceptors (Lipinski definition) is 6. The number of nitrogens with zero attached hydrogens (tertiary/aromatic N) is 1. The van der Waals surface area contributed by atoms with Gasteiger partial charge in [0.05, 0.1) is 6.04 Å². The molecule has 0 aliphatic carbocycles. The van der Waals surface area contributed by atoms with Crippen LogP contribution >= 0.6 is 0 Å². The van der Waals surface area contributed by atoms with Gasteiger partial charge in [0.2, 0.25) is 11.8 Å². The van der Waals surface area contributed by atoms with Crippen molar-refractivity contribution in [3.63, 3.8) is 0 Å². The molecular weight excluding hydrogens is 434 g/mol. The normalized spacial score (nSPS) is 12.2. The van der Waals surface area contributed by atoms with E-state index in [1.54, 1.807) is 30.6 Å². The van der Waals surface area contributed by atoms with Crippen molar-refractivity contribution < 1.29 is 19.5 Å². The lowest BCUT2D eigenvalue weighted by Gasteiger charge is -2.17. The van der Waals surface area contributed by atoms with Crippen LogP contribution in [0.25, 0.3) is 10.8 Å². The predicted octanol–water partition coefficient (Wildman–Crippen LogP) is 1.59. The topological polar surface area (TPSA) is 174 Å². The maximum absolute atomic E-state index is 11.9. The van der Waals surface area contributed by atoms with E-state index < -0.39 is 29.9 Å². The molecule has 2 atom stereocenters. The number of benzene rings is 2.